The highest BCUT2D eigenvalue weighted by Crippen LogP contribution is 2.39. The van der Waals surface area contributed by atoms with E-state index in [1.165, 1.54) is 18.4 Å². The fourth-order valence-electron chi connectivity index (χ4n) is 4.52. The maximum Gasteiger partial charge on any atom is 0.271 e. The van der Waals surface area contributed by atoms with Crippen LogP contribution in [0.2, 0.25) is 0 Å². The van der Waals surface area contributed by atoms with Gasteiger partial charge in [0.25, 0.3) is 5.91 Å². The van der Waals surface area contributed by atoms with E-state index in [2.05, 4.69) is 31.0 Å². The predicted octanol–water partition coefficient (Wildman–Crippen LogP) is 3.64. The van der Waals surface area contributed by atoms with Crippen molar-refractivity contribution >= 4 is 22.8 Å². The Morgan fingerprint density at radius 3 is 2.74 bits per heavy atom. The Morgan fingerprint density at radius 1 is 1.21 bits per heavy atom. The van der Waals surface area contributed by atoms with Crippen molar-refractivity contribution in [3.8, 4) is 0 Å². The molecule has 0 saturated heterocycles. The second-order valence-corrected chi connectivity index (χ2v) is 8.96. The van der Waals surface area contributed by atoms with E-state index in [0.717, 1.165) is 22.3 Å². The number of nitrogen functional groups attached to an aromatic ring is 1. The first-order valence-electron chi connectivity index (χ1n) is 11.5. The van der Waals surface area contributed by atoms with E-state index >= 15 is 0 Å². The molecule has 2 aliphatic rings. The first kappa shape index (κ1) is 20.7. The van der Waals surface area contributed by atoms with Gasteiger partial charge in [0, 0.05) is 29.7 Å². The van der Waals surface area contributed by atoms with Crippen molar-refractivity contribution in [2.45, 2.75) is 51.5 Å². The maximum atomic E-state index is 13.8. The molecule has 0 radical (unpaired) electrons. The smallest absolute Gasteiger partial charge is 0.271 e. The van der Waals surface area contributed by atoms with Crippen LogP contribution < -0.4 is 5.73 Å². The van der Waals surface area contributed by atoms with Gasteiger partial charge in [-0.25, -0.2) is 15.0 Å². The van der Waals surface area contributed by atoms with Gasteiger partial charge >= 0.3 is 0 Å². The van der Waals surface area contributed by atoms with Crippen LogP contribution in [0.25, 0.3) is 11.0 Å². The van der Waals surface area contributed by atoms with Crippen molar-refractivity contribution in [1.82, 2.24) is 29.8 Å². The zero-order chi connectivity index (χ0) is 23.2. The molecule has 1 atom stereocenters. The van der Waals surface area contributed by atoms with Gasteiger partial charge in [-0.3, -0.25) is 9.78 Å². The largest absolute Gasteiger partial charge is 0.383 e. The molecule has 0 bridgehead atoms. The van der Waals surface area contributed by atoms with E-state index in [1.807, 2.05) is 19.2 Å². The van der Waals surface area contributed by atoms with Crippen molar-refractivity contribution in [1.29, 1.82) is 0 Å². The van der Waals surface area contributed by atoms with Gasteiger partial charge in [0.05, 0.1) is 42.5 Å². The summed E-state index contributed by atoms with van der Waals surface area (Å²) in [6, 6.07) is 7.27. The average molecular weight is 456 g/mol. The molecule has 172 valence electrons. The summed E-state index contributed by atoms with van der Waals surface area (Å²) in [5.41, 5.74) is 11.9. The van der Waals surface area contributed by atoms with Crippen LogP contribution in [-0.4, -0.2) is 35.7 Å². The van der Waals surface area contributed by atoms with Gasteiger partial charge in [-0.05, 0) is 49.4 Å². The number of carbonyl (C=O) groups is 1. The second-order valence-electron chi connectivity index (χ2n) is 8.96. The Bertz CT molecular complexity index is 1360. The number of aromatic nitrogens is 5. The van der Waals surface area contributed by atoms with Crippen molar-refractivity contribution in [2.24, 2.45) is 0 Å². The van der Waals surface area contributed by atoms with Gasteiger partial charge in [0.15, 0.2) is 0 Å². The van der Waals surface area contributed by atoms with E-state index in [1.54, 1.807) is 29.4 Å². The van der Waals surface area contributed by atoms with Gasteiger partial charge in [-0.15, -0.1) is 0 Å². The van der Waals surface area contributed by atoms with Crippen LogP contribution >= 0.6 is 0 Å². The molecule has 4 aromatic rings. The van der Waals surface area contributed by atoms with Crippen LogP contribution in [0.15, 0.2) is 42.9 Å². The first-order valence-corrected chi connectivity index (χ1v) is 11.5. The molecule has 0 spiro atoms. The molecule has 4 aromatic heterocycles. The van der Waals surface area contributed by atoms with Crippen LogP contribution in [0.1, 0.15) is 70.4 Å². The number of H-pyrrole nitrogens is 1. The van der Waals surface area contributed by atoms with E-state index < -0.39 is 0 Å². The number of nitrogens with one attached hydrogen (secondary N) is 1. The average Bonchev–Trinajstić information content (AvgIpc) is 3.43. The number of nitrogens with two attached hydrogens (primary N) is 1. The van der Waals surface area contributed by atoms with E-state index in [0.29, 0.717) is 48.5 Å². The maximum absolute atomic E-state index is 13.8. The SMILES string of the molecule is C[C@H](c1ncccn1)N(Cc1ccc(C2CC2)cn1)C(=O)c1cc2nc(N)c3c(c2[nH]1)COC3. The number of hydrogen-bond donors (Lipinski definition) is 2. The number of pyridine rings is 2. The van der Waals surface area contributed by atoms with Crippen molar-refractivity contribution in [2.75, 3.05) is 5.73 Å². The summed E-state index contributed by atoms with van der Waals surface area (Å²) in [7, 11) is 0. The van der Waals surface area contributed by atoms with Crippen LogP contribution in [0, 0.1) is 0 Å². The lowest BCUT2D eigenvalue weighted by atomic mass is 10.1. The fraction of sp³-hybridized carbons (Fsp3) is 0.320. The highest BCUT2D eigenvalue weighted by Gasteiger charge is 2.29. The molecule has 0 aromatic carbocycles. The number of aromatic amines is 1. The number of rotatable bonds is 6. The number of nitrogens with zero attached hydrogens (tertiary/aromatic N) is 5. The van der Waals surface area contributed by atoms with E-state index in [9.17, 15) is 4.79 Å². The highest BCUT2D eigenvalue weighted by atomic mass is 16.5. The van der Waals surface area contributed by atoms with Crippen LogP contribution in [0.5, 0.6) is 0 Å². The lowest BCUT2D eigenvalue weighted by molar-refractivity contribution is 0.0658. The number of fused-ring (bicyclic) bond motifs is 3. The van der Waals surface area contributed by atoms with Gasteiger partial charge in [0.1, 0.15) is 17.3 Å². The first-order chi connectivity index (χ1) is 16.6. The minimum Gasteiger partial charge on any atom is -0.383 e. The van der Waals surface area contributed by atoms with E-state index in [-0.39, 0.29) is 11.9 Å². The van der Waals surface area contributed by atoms with Crippen LogP contribution in [0.3, 0.4) is 0 Å². The molecule has 34 heavy (non-hydrogen) atoms. The molecule has 1 aliphatic carbocycles. The van der Waals surface area contributed by atoms with Gasteiger partial charge in [-0.2, -0.15) is 0 Å². The minimum atomic E-state index is -0.364. The standard InChI is InChI=1S/C25H25N7O2/c1-14(24-27-7-2-8-28-24)32(11-17-6-5-16(10-29-17)15-3-4-15)25(33)21-9-20-22(30-21)18-12-34-13-19(18)23(26)31-20/h2,5-10,14-15,30H,3-4,11-13H2,1H3,(H2,26,31)/t14-/m1/s1. The van der Waals surface area contributed by atoms with Crippen LogP contribution in [-0.2, 0) is 24.5 Å². The predicted molar refractivity (Wildman–Crippen MR) is 126 cm³/mol. The van der Waals surface area contributed by atoms with Crippen LogP contribution in [0.4, 0.5) is 5.82 Å². The molecule has 0 unspecified atom stereocenters. The molecule has 6 rings (SSSR count). The Hall–Kier alpha value is -3.85. The number of ether oxygens (including phenoxy) is 1. The minimum absolute atomic E-state index is 0.183. The molecule has 9 nitrogen and oxygen atoms in total. The highest BCUT2D eigenvalue weighted by molar-refractivity contribution is 5.98. The molecular formula is C25H25N7O2. The summed E-state index contributed by atoms with van der Waals surface area (Å²) in [5.74, 6) is 1.46. The summed E-state index contributed by atoms with van der Waals surface area (Å²) < 4.78 is 5.57. The summed E-state index contributed by atoms with van der Waals surface area (Å²) in [6.07, 6.45) is 7.74. The summed E-state index contributed by atoms with van der Waals surface area (Å²) in [4.78, 5) is 36.7. The lowest BCUT2D eigenvalue weighted by Crippen LogP contribution is -2.34. The topological polar surface area (TPSA) is 123 Å². The molecule has 1 aliphatic heterocycles. The quantitative estimate of drug-likeness (QED) is 0.455. The summed E-state index contributed by atoms with van der Waals surface area (Å²) >= 11 is 0. The number of anilines is 1. The molecular weight excluding hydrogens is 430 g/mol. The molecule has 1 saturated carbocycles. The molecule has 9 heteroatoms. The monoisotopic (exact) mass is 455 g/mol. The number of amides is 1. The Labute approximate surface area is 196 Å². The molecule has 3 N–H and O–H groups in total. The Kier molecular flexibility index (Phi) is 4.99. The molecule has 5 heterocycles. The third-order valence-electron chi connectivity index (χ3n) is 6.65. The molecule has 1 amide bonds. The van der Waals surface area contributed by atoms with Gasteiger partial charge in [0.2, 0.25) is 0 Å². The summed E-state index contributed by atoms with van der Waals surface area (Å²) in [6.45, 7) is 3.14. The van der Waals surface area contributed by atoms with Crippen molar-refractivity contribution < 1.29 is 9.53 Å². The fourth-order valence-corrected chi connectivity index (χ4v) is 4.52. The van der Waals surface area contributed by atoms with Gasteiger partial charge < -0.3 is 20.4 Å². The van der Waals surface area contributed by atoms with Gasteiger partial charge in [-0.1, -0.05) is 6.07 Å². The number of hydrogen-bond acceptors (Lipinski definition) is 7. The third kappa shape index (κ3) is 3.67. The number of carbonyl (C=O) groups excluding carboxylic acids is 1. The normalized spacial score (nSPS) is 15.9. The molecule has 1 fully saturated rings. The zero-order valence-corrected chi connectivity index (χ0v) is 18.9. The van der Waals surface area contributed by atoms with Crippen molar-refractivity contribution in [3.05, 3.63) is 76.8 Å². The van der Waals surface area contributed by atoms with Crippen molar-refractivity contribution in [3.63, 3.8) is 0 Å². The third-order valence-corrected chi connectivity index (χ3v) is 6.65. The second kappa shape index (κ2) is 8.18. The Morgan fingerprint density at radius 2 is 2.00 bits per heavy atom. The van der Waals surface area contributed by atoms with E-state index in [4.69, 9.17) is 10.5 Å². The summed E-state index contributed by atoms with van der Waals surface area (Å²) in [5, 5.41) is 0. The lowest BCUT2D eigenvalue weighted by Gasteiger charge is -2.27. The Balaban J connectivity index is 1.36. The zero-order valence-electron chi connectivity index (χ0n) is 18.9.